The van der Waals surface area contributed by atoms with Gasteiger partial charge in [-0.05, 0) is 40.2 Å². The van der Waals surface area contributed by atoms with E-state index < -0.39 is 20.7 Å². The summed E-state index contributed by atoms with van der Waals surface area (Å²) in [6, 6.07) is 1.24. The largest absolute Gasteiger partial charge is 0.354 e. The quantitative estimate of drug-likeness (QED) is 0.862. The maximum Gasteiger partial charge on any atom is 0.247 e. The Morgan fingerprint density at radius 3 is 2.41 bits per heavy atom. The van der Waals surface area contributed by atoms with E-state index in [1.807, 2.05) is 0 Å². The van der Waals surface area contributed by atoms with Gasteiger partial charge in [0, 0.05) is 19.2 Å². The summed E-state index contributed by atoms with van der Waals surface area (Å²) >= 11 is 0. The van der Waals surface area contributed by atoms with Gasteiger partial charge in [-0.3, -0.25) is 4.79 Å². The predicted octanol–water partition coefficient (Wildman–Crippen LogP) is 2.09. The van der Waals surface area contributed by atoms with Gasteiger partial charge < -0.3 is 9.84 Å². The molecule has 0 bridgehead atoms. The molecular weight excluding hydrogens is 306 g/mol. The SMILES string of the molecule is C=C(C)c1cc(NC(=O)C(C)(C)S(=O)(=O)N(C)C(C)C)no1. The first kappa shape index (κ1) is 18.4. The van der Waals surface area contributed by atoms with Crippen LogP contribution in [0.1, 0.15) is 40.4 Å². The zero-order valence-corrected chi connectivity index (χ0v) is 14.6. The second kappa shape index (κ2) is 6.21. The summed E-state index contributed by atoms with van der Waals surface area (Å²) in [4.78, 5) is 12.4. The molecule has 0 aliphatic rings. The average molecular weight is 329 g/mol. The summed E-state index contributed by atoms with van der Waals surface area (Å²) in [5.74, 6) is -0.102. The number of allylic oxidation sites excluding steroid dienone is 1. The van der Waals surface area contributed by atoms with E-state index in [1.165, 1.54) is 31.3 Å². The van der Waals surface area contributed by atoms with Crippen LogP contribution in [-0.4, -0.2) is 41.6 Å². The molecule has 22 heavy (non-hydrogen) atoms. The van der Waals surface area contributed by atoms with Crippen molar-refractivity contribution >= 4 is 27.3 Å². The number of sulfonamides is 1. The van der Waals surface area contributed by atoms with E-state index in [0.717, 1.165) is 0 Å². The molecule has 0 aliphatic carbocycles. The Labute approximate surface area is 131 Å². The van der Waals surface area contributed by atoms with Gasteiger partial charge in [0.2, 0.25) is 15.9 Å². The molecule has 0 atom stereocenters. The number of carbonyl (C=O) groups is 1. The molecule has 0 saturated heterocycles. The van der Waals surface area contributed by atoms with Gasteiger partial charge in [-0.15, -0.1) is 0 Å². The highest BCUT2D eigenvalue weighted by Crippen LogP contribution is 2.24. The van der Waals surface area contributed by atoms with Gasteiger partial charge in [0.15, 0.2) is 16.3 Å². The van der Waals surface area contributed by atoms with Gasteiger partial charge in [0.25, 0.3) is 0 Å². The first-order valence-corrected chi connectivity index (χ1v) is 8.27. The minimum atomic E-state index is -3.82. The average Bonchev–Trinajstić information content (AvgIpc) is 2.85. The lowest BCUT2D eigenvalue weighted by Gasteiger charge is -2.30. The summed E-state index contributed by atoms with van der Waals surface area (Å²) < 4.78 is 29.6. The molecule has 7 nitrogen and oxygen atoms in total. The molecule has 1 heterocycles. The van der Waals surface area contributed by atoms with Crippen LogP contribution in [0.2, 0.25) is 0 Å². The third kappa shape index (κ3) is 3.38. The Morgan fingerprint density at radius 2 is 2.00 bits per heavy atom. The summed E-state index contributed by atoms with van der Waals surface area (Å²) in [6.07, 6.45) is 0. The Hall–Kier alpha value is -1.67. The molecule has 1 N–H and O–H groups in total. The normalized spacial score (nSPS) is 12.7. The Bertz CT molecular complexity index is 674. The second-order valence-corrected chi connectivity index (χ2v) is 8.48. The third-order valence-corrected chi connectivity index (χ3v) is 6.13. The van der Waals surface area contributed by atoms with Crippen LogP contribution in [0.25, 0.3) is 5.57 Å². The Kier molecular flexibility index (Phi) is 5.19. The van der Waals surface area contributed by atoms with E-state index in [2.05, 4.69) is 17.1 Å². The molecular formula is C14H23N3O4S. The monoisotopic (exact) mass is 329 g/mol. The number of nitrogens with zero attached hydrogens (tertiary/aromatic N) is 2. The van der Waals surface area contributed by atoms with Crippen molar-refractivity contribution in [2.45, 2.75) is 45.4 Å². The number of rotatable bonds is 6. The molecule has 0 aliphatic heterocycles. The van der Waals surface area contributed by atoms with Crippen LogP contribution in [-0.2, 0) is 14.8 Å². The van der Waals surface area contributed by atoms with Gasteiger partial charge in [-0.1, -0.05) is 11.7 Å². The zero-order chi connectivity index (χ0) is 17.3. The summed E-state index contributed by atoms with van der Waals surface area (Å²) in [5.41, 5.74) is 0.652. The molecule has 0 aromatic carbocycles. The van der Waals surface area contributed by atoms with Crippen LogP contribution < -0.4 is 5.32 Å². The molecule has 1 amide bonds. The maximum atomic E-state index is 12.5. The third-order valence-electron chi connectivity index (χ3n) is 3.47. The van der Waals surface area contributed by atoms with E-state index >= 15 is 0 Å². The zero-order valence-electron chi connectivity index (χ0n) is 13.8. The lowest BCUT2D eigenvalue weighted by Crippen LogP contribution is -2.52. The lowest BCUT2D eigenvalue weighted by atomic mass is 10.2. The fourth-order valence-electron chi connectivity index (χ4n) is 1.56. The Morgan fingerprint density at radius 1 is 1.45 bits per heavy atom. The van der Waals surface area contributed by atoms with E-state index in [9.17, 15) is 13.2 Å². The van der Waals surface area contributed by atoms with Crippen molar-refractivity contribution in [2.24, 2.45) is 0 Å². The summed E-state index contributed by atoms with van der Waals surface area (Å²) in [5, 5.41) is 6.14. The van der Waals surface area contributed by atoms with Crippen LogP contribution in [0, 0.1) is 0 Å². The number of nitrogens with one attached hydrogen (secondary N) is 1. The summed E-state index contributed by atoms with van der Waals surface area (Å²) in [6.45, 7) is 11.6. The van der Waals surface area contributed by atoms with Crippen molar-refractivity contribution in [2.75, 3.05) is 12.4 Å². The predicted molar refractivity (Wildman–Crippen MR) is 85.7 cm³/mol. The summed E-state index contributed by atoms with van der Waals surface area (Å²) in [7, 11) is -2.37. The van der Waals surface area contributed by atoms with E-state index in [4.69, 9.17) is 4.52 Å². The number of aromatic nitrogens is 1. The molecule has 0 saturated carbocycles. The highest BCUT2D eigenvalue weighted by Gasteiger charge is 2.45. The van der Waals surface area contributed by atoms with Crippen LogP contribution >= 0.6 is 0 Å². The van der Waals surface area contributed by atoms with Gasteiger partial charge >= 0.3 is 0 Å². The van der Waals surface area contributed by atoms with Gasteiger partial charge in [-0.2, -0.15) is 0 Å². The molecule has 1 aromatic rings. The van der Waals surface area contributed by atoms with Crippen LogP contribution in [0.5, 0.6) is 0 Å². The van der Waals surface area contributed by atoms with Crippen molar-refractivity contribution in [3.63, 3.8) is 0 Å². The standard InChI is InChI=1S/C14H23N3O4S/c1-9(2)11-8-12(16-21-11)15-13(18)14(5,6)22(19,20)17(7)10(3)4/h8,10H,1H2,2-7H3,(H,15,16,18). The van der Waals surface area contributed by atoms with Crippen LogP contribution in [0.4, 0.5) is 5.82 Å². The molecule has 0 fully saturated rings. The number of hydrogen-bond donors (Lipinski definition) is 1. The highest BCUT2D eigenvalue weighted by atomic mass is 32.2. The molecule has 124 valence electrons. The second-order valence-electron chi connectivity index (χ2n) is 5.94. The number of anilines is 1. The fourth-order valence-corrected chi connectivity index (χ4v) is 3.12. The fraction of sp³-hybridized carbons (Fsp3) is 0.571. The molecule has 8 heteroatoms. The number of carbonyl (C=O) groups excluding carboxylic acids is 1. The van der Waals surface area contributed by atoms with Gasteiger partial charge in [-0.25, -0.2) is 12.7 Å². The van der Waals surface area contributed by atoms with Crippen molar-refractivity contribution < 1.29 is 17.7 Å². The maximum absolute atomic E-state index is 12.5. The van der Waals surface area contributed by atoms with E-state index in [1.54, 1.807) is 20.8 Å². The minimum absolute atomic E-state index is 0.151. The first-order chi connectivity index (χ1) is 9.91. The van der Waals surface area contributed by atoms with Crippen LogP contribution in [0.15, 0.2) is 17.2 Å². The van der Waals surface area contributed by atoms with Gasteiger partial charge in [0.1, 0.15) is 0 Å². The Balaban J connectivity index is 3.01. The van der Waals surface area contributed by atoms with E-state index in [-0.39, 0.29) is 11.9 Å². The molecule has 0 unspecified atom stereocenters. The number of hydrogen-bond acceptors (Lipinski definition) is 5. The molecule has 1 aromatic heterocycles. The molecule has 1 rings (SSSR count). The lowest BCUT2D eigenvalue weighted by molar-refractivity contribution is -0.118. The first-order valence-electron chi connectivity index (χ1n) is 6.83. The van der Waals surface area contributed by atoms with Crippen molar-refractivity contribution in [3.05, 3.63) is 18.4 Å². The molecule has 0 radical (unpaired) electrons. The minimum Gasteiger partial charge on any atom is -0.354 e. The topological polar surface area (TPSA) is 92.5 Å². The van der Waals surface area contributed by atoms with Crippen molar-refractivity contribution in [3.8, 4) is 0 Å². The van der Waals surface area contributed by atoms with Crippen LogP contribution in [0.3, 0.4) is 0 Å². The smallest absolute Gasteiger partial charge is 0.247 e. The highest BCUT2D eigenvalue weighted by molar-refractivity contribution is 7.91. The van der Waals surface area contributed by atoms with Crippen molar-refractivity contribution in [1.29, 1.82) is 0 Å². The molecule has 0 spiro atoms. The number of amides is 1. The van der Waals surface area contributed by atoms with Crippen molar-refractivity contribution in [1.82, 2.24) is 9.46 Å². The van der Waals surface area contributed by atoms with Gasteiger partial charge in [0.05, 0.1) is 0 Å². The van der Waals surface area contributed by atoms with E-state index in [0.29, 0.717) is 11.3 Å².